The summed E-state index contributed by atoms with van der Waals surface area (Å²) in [5.41, 5.74) is -0.726. The van der Waals surface area contributed by atoms with Crippen molar-refractivity contribution in [2.75, 3.05) is 11.1 Å². The standard InChI is InChI=1S/C14H11F3N4O3S/c1-8-2-3-9(10(6-8)21(23)24)19-12(22)7-25-13-18-5-4-11(20-13)14(15,16)17/h2-6H,7H2,1H3,(H,19,22). The number of hydrogen-bond acceptors (Lipinski definition) is 6. The Morgan fingerprint density at radius 3 is 2.72 bits per heavy atom. The first-order chi connectivity index (χ1) is 11.7. The number of nitro benzene ring substituents is 1. The molecule has 1 N–H and O–H groups in total. The van der Waals surface area contributed by atoms with Gasteiger partial charge < -0.3 is 5.32 Å². The lowest BCUT2D eigenvalue weighted by molar-refractivity contribution is -0.384. The minimum atomic E-state index is -4.61. The molecule has 0 saturated heterocycles. The van der Waals surface area contributed by atoms with Gasteiger partial charge in [0.25, 0.3) is 5.69 Å². The Morgan fingerprint density at radius 1 is 1.36 bits per heavy atom. The summed E-state index contributed by atoms with van der Waals surface area (Å²) in [6.45, 7) is 1.67. The first kappa shape index (κ1) is 18.6. The van der Waals surface area contributed by atoms with Crippen LogP contribution in [-0.2, 0) is 11.0 Å². The summed E-state index contributed by atoms with van der Waals surface area (Å²) >= 11 is 0.691. The zero-order chi connectivity index (χ0) is 18.6. The van der Waals surface area contributed by atoms with Crippen molar-refractivity contribution in [2.24, 2.45) is 0 Å². The summed E-state index contributed by atoms with van der Waals surface area (Å²) < 4.78 is 37.7. The number of thioether (sulfide) groups is 1. The van der Waals surface area contributed by atoms with Crippen LogP contribution in [-0.4, -0.2) is 26.6 Å². The molecule has 0 aliphatic rings. The summed E-state index contributed by atoms with van der Waals surface area (Å²) in [7, 11) is 0. The lowest BCUT2D eigenvalue weighted by Crippen LogP contribution is -2.16. The average Bonchev–Trinajstić information content (AvgIpc) is 2.54. The number of halogens is 3. The quantitative estimate of drug-likeness (QED) is 0.374. The molecule has 0 radical (unpaired) electrons. The molecule has 0 saturated carbocycles. The van der Waals surface area contributed by atoms with Gasteiger partial charge in [-0.3, -0.25) is 14.9 Å². The number of carbonyl (C=O) groups is 1. The Bertz CT molecular complexity index is 814. The third kappa shape index (κ3) is 5.14. The molecular weight excluding hydrogens is 361 g/mol. The molecule has 1 aromatic heterocycles. The molecule has 0 atom stereocenters. The molecule has 25 heavy (non-hydrogen) atoms. The molecule has 7 nitrogen and oxygen atoms in total. The van der Waals surface area contributed by atoms with Crippen molar-refractivity contribution in [2.45, 2.75) is 18.3 Å². The average molecular weight is 372 g/mol. The number of nitrogens with zero attached hydrogens (tertiary/aromatic N) is 3. The van der Waals surface area contributed by atoms with E-state index < -0.39 is 22.7 Å². The van der Waals surface area contributed by atoms with Gasteiger partial charge in [0, 0.05) is 12.3 Å². The summed E-state index contributed by atoms with van der Waals surface area (Å²) in [4.78, 5) is 29.2. The van der Waals surface area contributed by atoms with Crippen LogP contribution in [0.1, 0.15) is 11.3 Å². The molecule has 0 aliphatic heterocycles. The summed E-state index contributed by atoms with van der Waals surface area (Å²) in [5, 5.41) is 13.1. The molecule has 2 rings (SSSR count). The van der Waals surface area contributed by atoms with Crippen molar-refractivity contribution >= 4 is 29.0 Å². The van der Waals surface area contributed by atoms with Crippen molar-refractivity contribution in [1.82, 2.24) is 9.97 Å². The van der Waals surface area contributed by atoms with E-state index in [0.717, 1.165) is 12.3 Å². The number of benzene rings is 1. The number of amides is 1. The van der Waals surface area contributed by atoms with Crippen LogP contribution in [0.25, 0.3) is 0 Å². The molecule has 0 unspecified atom stereocenters. The zero-order valence-corrected chi connectivity index (χ0v) is 13.5. The van der Waals surface area contributed by atoms with Crippen LogP contribution in [0.15, 0.2) is 35.6 Å². The van der Waals surface area contributed by atoms with Gasteiger partial charge in [0.2, 0.25) is 5.91 Å². The van der Waals surface area contributed by atoms with E-state index in [9.17, 15) is 28.1 Å². The van der Waals surface area contributed by atoms with Crippen LogP contribution in [0.4, 0.5) is 24.5 Å². The second kappa shape index (κ2) is 7.47. The SMILES string of the molecule is Cc1ccc(NC(=O)CSc2nccc(C(F)(F)F)n2)c([N+](=O)[O-])c1. The monoisotopic (exact) mass is 372 g/mol. The Balaban J connectivity index is 2.04. The number of nitro groups is 1. The number of anilines is 1. The van der Waals surface area contributed by atoms with Crippen LogP contribution >= 0.6 is 11.8 Å². The highest BCUT2D eigenvalue weighted by Gasteiger charge is 2.32. The highest BCUT2D eigenvalue weighted by molar-refractivity contribution is 7.99. The predicted octanol–water partition coefficient (Wildman–Crippen LogP) is 3.44. The molecule has 0 fully saturated rings. The van der Waals surface area contributed by atoms with Gasteiger partial charge in [0.1, 0.15) is 11.4 Å². The van der Waals surface area contributed by atoms with Crippen molar-refractivity contribution in [3.63, 3.8) is 0 Å². The fourth-order valence-electron chi connectivity index (χ4n) is 1.78. The molecule has 0 bridgehead atoms. The number of aromatic nitrogens is 2. The maximum absolute atomic E-state index is 12.6. The van der Waals surface area contributed by atoms with Gasteiger partial charge in [-0.2, -0.15) is 13.2 Å². The van der Waals surface area contributed by atoms with E-state index >= 15 is 0 Å². The van der Waals surface area contributed by atoms with E-state index in [0.29, 0.717) is 17.3 Å². The second-order valence-electron chi connectivity index (χ2n) is 4.84. The lowest BCUT2D eigenvalue weighted by Gasteiger charge is -2.08. The summed E-state index contributed by atoms with van der Waals surface area (Å²) in [6, 6.07) is 5.00. The smallest absolute Gasteiger partial charge is 0.320 e. The third-order valence-electron chi connectivity index (χ3n) is 2.88. The number of nitrogens with one attached hydrogen (secondary N) is 1. The number of aryl methyl sites for hydroxylation is 1. The van der Waals surface area contributed by atoms with Crippen molar-refractivity contribution in [1.29, 1.82) is 0 Å². The van der Waals surface area contributed by atoms with E-state index in [-0.39, 0.29) is 22.3 Å². The van der Waals surface area contributed by atoms with E-state index in [2.05, 4.69) is 15.3 Å². The van der Waals surface area contributed by atoms with Crippen LogP contribution in [0.3, 0.4) is 0 Å². The van der Waals surface area contributed by atoms with Crippen molar-refractivity contribution in [3.05, 3.63) is 51.8 Å². The maximum atomic E-state index is 12.6. The van der Waals surface area contributed by atoms with Crippen LogP contribution in [0, 0.1) is 17.0 Å². The normalized spacial score (nSPS) is 11.2. The molecule has 1 amide bonds. The number of alkyl halides is 3. The van der Waals surface area contributed by atoms with Crippen molar-refractivity contribution < 1.29 is 22.9 Å². The number of hydrogen-bond donors (Lipinski definition) is 1. The van der Waals surface area contributed by atoms with E-state index in [1.165, 1.54) is 12.1 Å². The van der Waals surface area contributed by atoms with Crippen LogP contribution in [0.5, 0.6) is 0 Å². The Labute approximate surface area is 143 Å². The zero-order valence-electron chi connectivity index (χ0n) is 12.7. The number of rotatable bonds is 5. The molecule has 1 aromatic carbocycles. The van der Waals surface area contributed by atoms with E-state index in [4.69, 9.17) is 0 Å². The molecule has 11 heteroatoms. The van der Waals surface area contributed by atoms with Crippen LogP contribution in [0.2, 0.25) is 0 Å². The van der Waals surface area contributed by atoms with Gasteiger partial charge in [-0.15, -0.1) is 0 Å². The molecular formula is C14H11F3N4O3S. The summed E-state index contributed by atoms with van der Waals surface area (Å²) in [6.07, 6.45) is -3.66. The Hall–Kier alpha value is -2.69. The van der Waals surface area contributed by atoms with Gasteiger partial charge in [-0.05, 0) is 24.6 Å². The van der Waals surface area contributed by atoms with Gasteiger partial charge in [0.15, 0.2) is 5.16 Å². The minimum Gasteiger partial charge on any atom is -0.320 e. The Kier molecular flexibility index (Phi) is 5.57. The van der Waals surface area contributed by atoms with Crippen molar-refractivity contribution in [3.8, 4) is 0 Å². The van der Waals surface area contributed by atoms with Gasteiger partial charge in [-0.25, -0.2) is 9.97 Å². The molecule has 0 spiro atoms. The largest absolute Gasteiger partial charge is 0.433 e. The predicted molar refractivity (Wildman–Crippen MR) is 84.2 cm³/mol. The molecule has 0 aliphatic carbocycles. The summed E-state index contributed by atoms with van der Waals surface area (Å²) in [5.74, 6) is -0.926. The maximum Gasteiger partial charge on any atom is 0.433 e. The molecule has 132 valence electrons. The topological polar surface area (TPSA) is 98.0 Å². The van der Waals surface area contributed by atoms with E-state index in [1.807, 2.05) is 0 Å². The Morgan fingerprint density at radius 2 is 2.08 bits per heavy atom. The van der Waals surface area contributed by atoms with Gasteiger partial charge in [-0.1, -0.05) is 17.8 Å². The van der Waals surface area contributed by atoms with Gasteiger partial charge in [0.05, 0.1) is 10.7 Å². The third-order valence-corrected chi connectivity index (χ3v) is 3.74. The fourth-order valence-corrected chi connectivity index (χ4v) is 2.41. The van der Waals surface area contributed by atoms with E-state index in [1.54, 1.807) is 13.0 Å². The highest BCUT2D eigenvalue weighted by atomic mass is 32.2. The fraction of sp³-hybridized carbons (Fsp3) is 0.214. The van der Waals surface area contributed by atoms with Gasteiger partial charge >= 0.3 is 6.18 Å². The molecule has 1 heterocycles. The minimum absolute atomic E-state index is 0.00570. The highest BCUT2D eigenvalue weighted by Crippen LogP contribution is 2.29. The first-order valence-electron chi connectivity index (χ1n) is 6.75. The van der Waals surface area contributed by atoms with Crippen LogP contribution < -0.4 is 5.32 Å². The molecule has 2 aromatic rings. The second-order valence-corrected chi connectivity index (χ2v) is 5.78. The first-order valence-corrected chi connectivity index (χ1v) is 7.73. The lowest BCUT2D eigenvalue weighted by atomic mass is 10.2. The number of carbonyl (C=O) groups excluding carboxylic acids is 1.